The molecule has 1 unspecified atom stereocenters. The standard InChI is InChI=1S/C14H23BrN2/c1-5-10(2)9-17(4)12-6-7-13(11(3)16)14(15)8-12/h6-8,10-11H,5,9,16H2,1-4H3/t10?,11-/m1/s1. The third kappa shape index (κ3) is 4.00. The Bertz CT molecular complexity index is 363. The molecule has 2 atom stereocenters. The van der Waals surface area contributed by atoms with Crippen LogP contribution in [0.1, 0.15) is 38.8 Å². The topological polar surface area (TPSA) is 29.3 Å². The van der Waals surface area contributed by atoms with E-state index in [9.17, 15) is 0 Å². The highest BCUT2D eigenvalue weighted by atomic mass is 79.9. The highest BCUT2D eigenvalue weighted by molar-refractivity contribution is 9.10. The van der Waals surface area contributed by atoms with Crippen LogP contribution in [-0.4, -0.2) is 13.6 Å². The summed E-state index contributed by atoms with van der Waals surface area (Å²) < 4.78 is 1.10. The minimum absolute atomic E-state index is 0.0679. The Hall–Kier alpha value is -0.540. The Kier molecular flexibility index (Phi) is 5.47. The summed E-state index contributed by atoms with van der Waals surface area (Å²) in [7, 11) is 2.14. The number of rotatable bonds is 5. The lowest BCUT2D eigenvalue weighted by Crippen LogP contribution is -2.23. The number of halogens is 1. The van der Waals surface area contributed by atoms with Gasteiger partial charge in [-0.2, -0.15) is 0 Å². The van der Waals surface area contributed by atoms with E-state index < -0.39 is 0 Å². The summed E-state index contributed by atoms with van der Waals surface area (Å²) >= 11 is 3.59. The first-order chi connectivity index (χ1) is 7.95. The zero-order valence-electron chi connectivity index (χ0n) is 11.2. The van der Waals surface area contributed by atoms with Crippen molar-refractivity contribution in [2.75, 3.05) is 18.5 Å². The summed E-state index contributed by atoms with van der Waals surface area (Å²) in [6.07, 6.45) is 1.21. The molecule has 0 aliphatic carbocycles. The Morgan fingerprint density at radius 2 is 2.00 bits per heavy atom. The zero-order valence-corrected chi connectivity index (χ0v) is 12.8. The largest absolute Gasteiger partial charge is 0.374 e. The summed E-state index contributed by atoms with van der Waals surface area (Å²) in [5, 5.41) is 0. The molecule has 0 aliphatic heterocycles. The number of hydrogen-bond donors (Lipinski definition) is 1. The fourth-order valence-electron chi connectivity index (χ4n) is 1.82. The Morgan fingerprint density at radius 1 is 1.35 bits per heavy atom. The van der Waals surface area contributed by atoms with Crippen LogP contribution in [0.3, 0.4) is 0 Å². The van der Waals surface area contributed by atoms with Crippen molar-refractivity contribution >= 4 is 21.6 Å². The molecule has 0 fully saturated rings. The molecular weight excluding hydrogens is 276 g/mol. The van der Waals surface area contributed by atoms with Gasteiger partial charge in [0.2, 0.25) is 0 Å². The number of hydrogen-bond acceptors (Lipinski definition) is 2. The first-order valence-corrected chi connectivity index (χ1v) is 7.01. The lowest BCUT2D eigenvalue weighted by Gasteiger charge is -2.24. The van der Waals surface area contributed by atoms with Gasteiger partial charge in [0.15, 0.2) is 0 Å². The molecule has 1 aromatic carbocycles. The van der Waals surface area contributed by atoms with Gasteiger partial charge in [-0.05, 0) is 30.5 Å². The predicted octanol–water partition coefficient (Wildman–Crippen LogP) is 3.95. The Morgan fingerprint density at radius 3 is 2.47 bits per heavy atom. The molecule has 3 heteroatoms. The van der Waals surface area contributed by atoms with Crippen molar-refractivity contribution in [3.8, 4) is 0 Å². The highest BCUT2D eigenvalue weighted by Gasteiger charge is 2.09. The second kappa shape index (κ2) is 6.41. The van der Waals surface area contributed by atoms with Gasteiger partial charge in [0.05, 0.1) is 0 Å². The first-order valence-electron chi connectivity index (χ1n) is 6.21. The van der Waals surface area contributed by atoms with Gasteiger partial charge in [0, 0.05) is 29.8 Å². The van der Waals surface area contributed by atoms with Gasteiger partial charge in [-0.1, -0.05) is 42.3 Å². The smallest absolute Gasteiger partial charge is 0.0375 e. The van der Waals surface area contributed by atoms with Crippen LogP contribution in [0.25, 0.3) is 0 Å². The van der Waals surface area contributed by atoms with Crippen molar-refractivity contribution in [1.82, 2.24) is 0 Å². The molecule has 0 radical (unpaired) electrons. The van der Waals surface area contributed by atoms with Crippen LogP contribution in [0.2, 0.25) is 0 Å². The molecule has 0 aromatic heterocycles. The molecule has 1 rings (SSSR count). The van der Waals surface area contributed by atoms with Crippen LogP contribution in [0, 0.1) is 5.92 Å². The molecule has 2 nitrogen and oxygen atoms in total. The van der Waals surface area contributed by atoms with Crippen molar-refractivity contribution in [2.45, 2.75) is 33.2 Å². The van der Waals surface area contributed by atoms with E-state index in [0.717, 1.165) is 16.6 Å². The average Bonchev–Trinajstić information content (AvgIpc) is 2.28. The fraction of sp³-hybridized carbons (Fsp3) is 0.571. The lowest BCUT2D eigenvalue weighted by atomic mass is 10.1. The summed E-state index contributed by atoms with van der Waals surface area (Å²) in [6, 6.07) is 6.47. The van der Waals surface area contributed by atoms with Crippen molar-refractivity contribution in [1.29, 1.82) is 0 Å². The van der Waals surface area contributed by atoms with Gasteiger partial charge in [0.25, 0.3) is 0 Å². The third-order valence-corrected chi connectivity index (χ3v) is 3.88. The molecule has 96 valence electrons. The Balaban J connectivity index is 2.82. The molecular formula is C14H23BrN2. The molecule has 0 amide bonds. The van der Waals surface area contributed by atoms with Gasteiger partial charge >= 0.3 is 0 Å². The number of nitrogens with zero attached hydrogens (tertiary/aromatic N) is 1. The SMILES string of the molecule is CCC(C)CN(C)c1ccc([C@@H](C)N)c(Br)c1. The molecule has 0 aliphatic rings. The van der Waals surface area contributed by atoms with Crippen molar-refractivity contribution < 1.29 is 0 Å². The van der Waals surface area contributed by atoms with Gasteiger partial charge in [0.1, 0.15) is 0 Å². The average molecular weight is 299 g/mol. The van der Waals surface area contributed by atoms with Crippen molar-refractivity contribution in [3.63, 3.8) is 0 Å². The van der Waals surface area contributed by atoms with Gasteiger partial charge in [-0.3, -0.25) is 0 Å². The summed E-state index contributed by atoms with van der Waals surface area (Å²) in [5.41, 5.74) is 8.29. The first kappa shape index (κ1) is 14.5. The van der Waals surface area contributed by atoms with E-state index in [1.807, 2.05) is 6.92 Å². The Labute approximate surface area is 113 Å². The summed E-state index contributed by atoms with van der Waals surface area (Å²) in [4.78, 5) is 2.30. The minimum Gasteiger partial charge on any atom is -0.374 e. The number of nitrogens with two attached hydrogens (primary N) is 1. The molecule has 2 N–H and O–H groups in total. The minimum atomic E-state index is 0.0679. The van der Waals surface area contributed by atoms with E-state index in [1.165, 1.54) is 12.1 Å². The van der Waals surface area contributed by atoms with Gasteiger partial charge < -0.3 is 10.6 Å². The molecule has 0 saturated heterocycles. The number of anilines is 1. The molecule has 1 aromatic rings. The van der Waals surface area contributed by atoms with E-state index in [0.29, 0.717) is 5.92 Å². The maximum absolute atomic E-state index is 5.90. The van der Waals surface area contributed by atoms with E-state index in [2.05, 4.69) is 59.9 Å². The third-order valence-electron chi connectivity index (χ3n) is 3.20. The normalized spacial score (nSPS) is 14.5. The highest BCUT2D eigenvalue weighted by Crippen LogP contribution is 2.27. The van der Waals surface area contributed by atoms with E-state index in [4.69, 9.17) is 5.73 Å². The van der Waals surface area contributed by atoms with Gasteiger partial charge in [-0.25, -0.2) is 0 Å². The predicted molar refractivity (Wildman–Crippen MR) is 79.5 cm³/mol. The van der Waals surface area contributed by atoms with Crippen molar-refractivity contribution in [3.05, 3.63) is 28.2 Å². The van der Waals surface area contributed by atoms with E-state index in [-0.39, 0.29) is 6.04 Å². The molecule has 17 heavy (non-hydrogen) atoms. The van der Waals surface area contributed by atoms with Crippen molar-refractivity contribution in [2.24, 2.45) is 11.7 Å². The maximum atomic E-state index is 5.90. The van der Waals surface area contributed by atoms with Crippen LogP contribution in [-0.2, 0) is 0 Å². The van der Waals surface area contributed by atoms with Gasteiger partial charge in [-0.15, -0.1) is 0 Å². The summed E-state index contributed by atoms with van der Waals surface area (Å²) in [5.74, 6) is 0.715. The van der Waals surface area contributed by atoms with Crippen LogP contribution in [0.15, 0.2) is 22.7 Å². The quantitative estimate of drug-likeness (QED) is 0.892. The lowest BCUT2D eigenvalue weighted by molar-refractivity contribution is 0.560. The molecule has 0 heterocycles. The van der Waals surface area contributed by atoms with Crippen LogP contribution in [0.5, 0.6) is 0 Å². The second-order valence-corrected chi connectivity index (χ2v) is 5.74. The van der Waals surface area contributed by atoms with Crippen LogP contribution < -0.4 is 10.6 Å². The summed E-state index contributed by atoms with van der Waals surface area (Å²) in [6.45, 7) is 7.60. The zero-order chi connectivity index (χ0) is 13.0. The molecule has 0 bridgehead atoms. The molecule has 0 saturated carbocycles. The fourth-order valence-corrected chi connectivity index (χ4v) is 2.55. The van der Waals surface area contributed by atoms with E-state index in [1.54, 1.807) is 0 Å². The van der Waals surface area contributed by atoms with Crippen LogP contribution >= 0.6 is 15.9 Å². The maximum Gasteiger partial charge on any atom is 0.0375 e. The van der Waals surface area contributed by atoms with Crippen LogP contribution in [0.4, 0.5) is 5.69 Å². The van der Waals surface area contributed by atoms with E-state index >= 15 is 0 Å². The molecule has 0 spiro atoms. The number of benzene rings is 1. The second-order valence-electron chi connectivity index (χ2n) is 4.89. The monoisotopic (exact) mass is 298 g/mol.